The smallest absolute Gasteiger partial charge is 0.323 e. The van der Waals surface area contributed by atoms with Crippen molar-refractivity contribution in [2.75, 3.05) is 17.7 Å². The standard InChI is InChI=1S/C21H21N3O3S/c1-27-18-5-2-4-17(13-18)24-21(26)23-16-9-7-15(8-10-16)12-20(25)22-14-19-6-3-11-28-19/h2-11,13H,12,14H2,1H3,(H,22,25)(H2,23,24,26). The molecule has 0 aliphatic heterocycles. The summed E-state index contributed by atoms with van der Waals surface area (Å²) in [6, 6.07) is 17.9. The van der Waals surface area contributed by atoms with Crippen LogP contribution in [0, 0.1) is 0 Å². The first-order valence-electron chi connectivity index (χ1n) is 8.72. The number of ether oxygens (including phenoxy) is 1. The zero-order valence-electron chi connectivity index (χ0n) is 15.4. The molecule has 0 saturated heterocycles. The average Bonchev–Trinajstić information content (AvgIpc) is 3.22. The second-order valence-corrected chi connectivity index (χ2v) is 7.07. The summed E-state index contributed by atoms with van der Waals surface area (Å²) in [5.74, 6) is 0.629. The number of amides is 3. The summed E-state index contributed by atoms with van der Waals surface area (Å²) in [4.78, 5) is 25.3. The van der Waals surface area contributed by atoms with E-state index in [1.807, 2.05) is 29.6 Å². The molecule has 0 fully saturated rings. The van der Waals surface area contributed by atoms with Crippen molar-refractivity contribution in [3.8, 4) is 5.75 Å². The Morgan fingerprint density at radius 2 is 1.75 bits per heavy atom. The average molecular weight is 395 g/mol. The molecule has 0 aliphatic carbocycles. The molecule has 0 aliphatic rings. The molecule has 0 spiro atoms. The van der Waals surface area contributed by atoms with E-state index in [1.54, 1.807) is 54.8 Å². The van der Waals surface area contributed by atoms with Crippen LogP contribution in [-0.2, 0) is 17.8 Å². The Morgan fingerprint density at radius 1 is 0.964 bits per heavy atom. The molecule has 3 amide bonds. The highest BCUT2D eigenvalue weighted by Crippen LogP contribution is 2.17. The summed E-state index contributed by atoms with van der Waals surface area (Å²) in [7, 11) is 1.57. The van der Waals surface area contributed by atoms with Crippen LogP contribution in [0.4, 0.5) is 16.2 Å². The van der Waals surface area contributed by atoms with Crippen molar-refractivity contribution in [1.82, 2.24) is 5.32 Å². The quantitative estimate of drug-likeness (QED) is 0.559. The van der Waals surface area contributed by atoms with Crippen LogP contribution in [0.15, 0.2) is 66.0 Å². The maximum Gasteiger partial charge on any atom is 0.323 e. The third-order valence-corrected chi connectivity index (χ3v) is 4.82. The van der Waals surface area contributed by atoms with Gasteiger partial charge in [-0.3, -0.25) is 4.79 Å². The molecule has 0 bridgehead atoms. The zero-order valence-corrected chi connectivity index (χ0v) is 16.2. The Morgan fingerprint density at radius 3 is 2.46 bits per heavy atom. The predicted molar refractivity (Wildman–Crippen MR) is 112 cm³/mol. The number of benzene rings is 2. The van der Waals surface area contributed by atoms with E-state index in [9.17, 15) is 9.59 Å². The first-order chi connectivity index (χ1) is 13.6. The van der Waals surface area contributed by atoms with Gasteiger partial charge in [0.1, 0.15) is 5.75 Å². The van der Waals surface area contributed by atoms with E-state index in [-0.39, 0.29) is 11.9 Å². The molecule has 7 heteroatoms. The Kier molecular flexibility index (Phi) is 6.64. The van der Waals surface area contributed by atoms with E-state index < -0.39 is 0 Å². The lowest BCUT2D eigenvalue weighted by molar-refractivity contribution is -0.120. The van der Waals surface area contributed by atoms with E-state index in [4.69, 9.17) is 4.74 Å². The molecule has 0 radical (unpaired) electrons. The van der Waals surface area contributed by atoms with Crippen LogP contribution in [-0.4, -0.2) is 19.0 Å². The highest BCUT2D eigenvalue weighted by molar-refractivity contribution is 7.09. The van der Waals surface area contributed by atoms with Gasteiger partial charge in [0.2, 0.25) is 5.91 Å². The van der Waals surface area contributed by atoms with Crippen LogP contribution in [0.2, 0.25) is 0 Å². The highest BCUT2D eigenvalue weighted by atomic mass is 32.1. The minimum Gasteiger partial charge on any atom is -0.497 e. The zero-order chi connectivity index (χ0) is 19.8. The van der Waals surface area contributed by atoms with Gasteiger partial charge in [-0.05, 0) is 41.3 Å². The molecule has 0 saturated carbocycles. The lowest BCUT2D eigenvalue weighted by Crippen LogP contribution is -2.24. The molecule has 28 heavy (non-hydrogen) atoms. The lowest BCUT2D eigenvalue weighted by Gasteiger charge is -2.09. The molecule has 144 valence electrons. The lowest BCUT2D eigenvalue weighted by atomic mass is 10.1. The first-order valence-corrected chi connectivity index (χ1v) is 9.60. The molecule has 0 unspecified atom stereocenters. The van der Waals surface area contributed by atoms with Crippen molar-refractivity contribution < 1.29 is 14.3 Å². The van der Waals surface area contributed by atoms with E-state index in [1.165, 1.54) is 0 Å². The maximum absolute atomic E-state index is 12.1. The van der Waals surface area contributed by atoms with Gasteiger partial charge in [-0.15, -0.1) is 11.3 Å². The first kappa shape index (κ1) is 19.4. The molecule has 3 rings (SSSR count). The van der Waals surface area contributed by atoms with Crippen molar-refractivity contribution in [3.05, 3.63) is 76.5 Å². The Bertz CT molecular complexity index is 924. The normalized spacial score (nSPS) is 10.2. The minimum absolute atomic E-state index is 0.0372. The van der Waals surface area contributed by atoms with Crippen molar-refractivity contribution in [2.24, 2.45) is 0 Å². The predicted octanol–water partition coefficient (Wildman–Crippen LogP) is 4.26. The number of nitrogens with one attached hydrogen (secondary N) is 3. The van der Waals surface area contributed by atoms with Gasteiger partial charge in [0.25, 0.3) is 0 Å². The second-order valence-electron chi connectivity index (χ2n) is 6.04. The number of hydrogen-bond donors (Lipinski definition) is 3. The van der Waals surface area contributed by atoms with Gasteiger partial charge >= 0.3 is 6.03 Å². The second kappa shape index (κ2) is 9.57. The molecule has 3 N–H and O–H groups in total. The number of carbonyl (C=O) groups excluding carboxylic acids is 2. The molecular weight excluding hydrogens is 374 g/mol. The Balaban J connectivity index is 1.48. The monoisotopic (exact) mass is 395 g/mol. The molecule has 6 nitrogen and oxygen atoms in total. The van der Waals surface area contributed by atoms with Gasteiger partial charge in [0.15, 0.2) is 0 Å². The van der Waals surface area contributed by atoms with Gasteiger partial charge in [0, 0.05) is 22.3 Å². The van der Waals surface area contributed by atoms with Crippen LogP contribution in [0.5, 0.6) is 5.75 Å². The fourth-order valence-corrected chi connectivity index (χ4v) is 3.19. The number of carbonyl (C=O) groups is 2. The van der Waals surface area contributed by atoms with Crippen LogP contribution in [0.3, 0.4) is 0 Å². The molecule has 3 aromatic rings. The Hall–Kier alpha value is -3.32. The topological polar surface area (TPSA) is 79.5 Å². The third-order valence-electron chi connectivity index (χ3n) is 3.94. The number of urea groups is 1. The summed E-state index contributed by atoms with van der Waals surface area (Å²) in [5, 5.41) is 10.4. The Labute approximate surface area is 167 Å². The number of rotatable bonds is 7. The van der Waals surface area contributed by atoms with Crippen LogP contribution >= 0.6 is 11.3 Å². The third kappa shape index (κ3) is 5.85. The van der Waals surface area contributed by atoms with E-state index in [0.717, 1.165) is 10.4 Å². The minimum atomic E-state index is -0.352. The number of anilines is 2. The number of methoxy groups -OCH3 is 1. The van der Waals surface area contributed by atoms with Crippen molar-refractivity contribution in [2.45, 2.75) is 13.0 Å². The molecule has 0 atom stereocenters. The van der Waals surface area contributed by atoms with Gasteiger partial charge in [-0.25, -0.2) is 4.79 Å². The van der Waals surface area contributed by atoms with Crippen LogP contribution in [0.25, 0.3) is 0 Å². The van der Waals surface area contributed by atoms with Gasteiger partial charge in [0.05, 0.1) is 20.1 Å². The fraction of sp³-hybridized carbons (Fsp3) is 0.143. The molecule has 1 aromatic heterocycles. The summed E-state index contributed by atoms with van der Waals surface area (Å²) in [6.07, 6.45) is 0.293. The number of hydrogen-bond acceptors (Lipinski definition) is 4. The SMILES string of the molecule is COc1cccc(NC(=O)Nc2ccc(CC(=O)NCc3cccs3)cc2)c1. The van der Waals surface area contributed by atoms with Crippen molar-refractivity contribution in [1.29, 1.82) is 0 Å². The van der Waals surface area contributed by atoms with E-state index in [2.05, 4.69) is 16.0 Å². The summed E-state index contributed by atoms with van der Waals surface area (Å²) >= 11 is 1.61. The van der Waals surface area contributed by atoms with Crippen molar-refractivity contribution >= 4 is 34.6 Å². The number of thiophene rings is 1. The summed E-state index contributed by atoms with van der Waals surface area (Å²) < 4.78 is 5.13. The molecule has 2 aromatic carbocycles. The van der Waals surface area contributed by atoms with Crippen molar-refractivity contribution in [3.63, 3.8) is 0 Å². The van der Waals surface area contributed by atoms with Gasteiger partial charge < -0.3 is 20.7 Å². The van der Waals surface area contributed by atoms with E-state index >= 15 is 0 Å². The van der Waals surface area contributed by atoms with E-state index in [0.29, 0.717) is 30.1 Å². The highest BCUT2D eigenvalue weighted by Gasteiger charge is 2.06. The van der Waals surface area contributed by atoms with Gasteiger partial charge in [-0.1, -0.05) is 24.3 Å². The fourth-order valence-electron chi connectivity index (χ4n) is 2.55. The molecular formula is C21H21N3O3S. The van der Waals surface area contributed by atoms with Crippen LogP contribution in [0.1, 0.15) is 10.4 Å². The summed E-state index contributed by atoms with van der Waals surface area (Å²) in [5.41, 5.74) is 2.15. The van der Waals surface area contributed by atoms with Crippen LogP contribution < -0.4 is 20.7 Å². The maximum atomic E-state index is 12.1. The van der Waals surface area contributed by atoms with Gasteiger partial charge in [-0.2, -0.15) is 0 Å². The largest absolute Gasteiger partial charge is 0.497 e. The molecule has 1 heterocycles. The summed E-state index contributed by atoms with van der Waals surface area (Å²) in [6.45, 7) is 0.542.